The third-order valence-electron chi connectivity index (χ3n) is 2.44. The summed E-state index contributed by atoms with van der Waals surface area (Å²) in [6.45, 7) is 0. The fourth-order valence-corrected chi connectivity index (χ4v) is 2.07. The molecule has 102 valence electrons. The van der Waals surface area contributed by atoms with Gasteiger partial charge >= 0.3 is 5.69 Å². The molecule has 0 fully saturated rings. The van der Waals surface area contributed by atoms with Gasteiger partial charge in [-0.1, -0.05) is 29.3 Å². The molecular formula is C13H8Cl2N2O3. The van der Waals surface area contributed by atoms with Crippen molar-refractivity contribution in [2.24, 2.45) is 4.99 Å². The second-order valence-corrected chi connectivity index (χ2v) is 4.73. The summed E-state index contributed by atoms with van der Waals surface area (Å²) in [4.78, 5) is 14.1. The molecule has 0 unspecified atom stereocenters. The van der Waals surface area contributed by atoms with Crippen molar-refractivity contribution in [1.82, 2.24) is 0 Å². The minimum atomic E-state index is -0.664. The highest BCUT2D eigenvalue weighted by molar-refractivity contribution is 6.35. The van der Waals surface area contributed by atoms with Gasteiger partial charge < -0.3 is 5.11 Å². The maximum Gasteiger partial charge on any atom is 0.311 e. The number of nitrogens with zero attached hydrogens (tertiary/aromatic N) is 2. The largest absolute Gasteiger partial charge is 0.502 e. The lowest BCUT2D eigenvalue weighted by Crippen LogP contribution is -1.91. The van der Waals surface area contributed by atoms with Crippen molar-refractivity contribution in [2.45, 2.75) is 0 Å². The van der Waals surface area contributed by atoms with Crippen LogP contribution in [-0.4, -0.2) is 16.2 Å². The van der Waals surface area contributed by atoms with Crippen LogP contribution in [0.5, 0.6) is 5.75 Å². The summed E-state index contributed by atoms with van der Waals surface area (Å²) in [5, 5.41) is 21.3. The summed E-state index contributed by atoms with van der Waals surface area (Å²) in [6, 6.07) is 8.91. The number of phenols is 1. The van der Waals surface area contributed by atoms with Crippen LogP contribution >= 0.6 is 23.2 Å². The Morgan fingerprint density at radius 3 is 2.45 bits per heavy atom. The van der Waals surface area contributed by atoms with E-state index in [9.17, 15) is 15.2 Å². The van der Waals surface area contributed by atoms with Crippen molar-refractivity contribution < 1.29 is 10.0 Å². The van der Waals surface area contributed by atoms with Gasteiger partial charge in [0.1, 0.15) is 0 Å². The quantitative estimate of drug-likeness (QED) is 0.520. The van der Waals surface area contributed by atoms with Gasteiger partial charge in [-0.2, -0.15) is 0 Å². The number of para-hydroxylation sites is 1. The first-order chi connectivity index (χ1) is 9.47. The van der Waals surface area contributed by atoms with Crippen molar-refractivity contribution in [2.75, 3.05) is 0 Å². The van der Waals surface area contributed by atoms with Gasteiger partial charge in [0.15, 0.2) is 0 Å². The van der Waals surface area contributed by atoms with Gasteiger partial charge in [-0.15, -0.1) is 0 Å². The van der Waals surface area contributed by atoms with E-state index in [1.54, 1.807) is 18.2 Å². The number of halogens is 2. The molecule has 0 aliphatic heterocycles. The molecule has 0 spiro atoms. The van der Waals surface area contributed by atoms with Gasteiger partial charge in [-0.25, -0.2) is 0 Å². The van der Waals surface area contributed by atoms with E-state index in [0.29, 0.717) is 15.7 Å². The summed E-state index contributed by atoms with van der Waals surface area (Å²) >= 11 is 11.7. The van der Waals surface area contributed by atoms with E-state index in [1.165, 1.54) is 24.4 Å². The van der Waals surface area contributed by atoms with Crippen LogP contribution in [0.3, 0.4) is 0 Å². The van der Waals surface area contributed by atoms with Crippen LogP contribution in [0, 0.1) is 10.1 Å². The van der Waals surface area contributed by atoms with Gasteiger partial charge in [0.25, 0.3) is 0 Å². The van der Waals surface area contributed by atoms with Crippen LogP contribution in [0.4, 0.5) is 11.4 Å². The highest BCUT2D eigenvalue weighted by atomic mass is 35.5. The molecule has 2 aromatic carbocycles. The normalized spacial score (nSPS) is 10.9. The maximum absolute atomic E-state index is 10.7. The van der Waals surface area contributed by atoms with E-state index in [0.717, 1.165) is 0 Å². The van der Waals surface area contributed by atoms with Crippen molar-refractivity contribution in [3.63, 3.8) is 0 Å². The number of aliphatic imine (C=N–C) groups is 1. The second kappa shape index (κ2) is 5.90. The molecule has 7 heteroatoms. The fraction of sp³-hybridized carbons (Fsp3) is 0. The molecule has 0 radical (unpaired) electrons. The molecule has 0 bridgehead atoms. The average molecular weight is 311 g/mol. The van der Waals surface area contributed by atoms with Crippen molar-refractivity contribution >= 4 is 40.8 Å². The lowest BCUT2D eigenvalue weighted by atomic mass is 10.2. The Hall–Kier alpha value is -2.11. The first kappa shape index (κ1) is 14.3. The molecule has 0 saturated heterocycles. The van der Waals surface area contributed by atoms with Crippen LogP contribution in [0.15, 0.2) is 41.4 Å². The highest BCUT2D eigenvalue weighted by Crippen LogP contribution is 2.29. The second-order valence-electron chi connectivity index (χ2n) is 3.86. The minimum Gasteiger partial charge on any atom is -0.502 e. The molecule has 1 N–H and O–H groups in total. The summed E-state index contributed by atoms with van der Waals surface area (Å²) < 4.78 is 0. The highest BCUT2D eigenvalue weighted by Gasteiger charge is 2.14. The Bertz CT molecular complexity index is 682. The number of aromatic hydroxyl groups is 1. The molecule has 0 aliphatic carbocycles. The smallest absolute Gasteiger partial charge is 0.311 e. The number of phenolic OH excluding ortho intramolecular Hbond substituents is 1. The number of nitro groups is 1. The van der Waals surface area contributed by atoms with Crippen LogP contribution in [0.25, 0.3) is 0 Å². The number of rotatable bonds is 3. The summed E-state index contributed by atoms with van der Waals surface area (Å²) in [7, 11) is 0. The van der Waals surface area contributed by atoms with Gasteiger partial charge in [0.2, 0.25) is 5.75 Å². The van der Waals surface area contributed by atoms with Gasteiger partial charge in [-0.05, 0) is 24.3 Å². The Labute approximate surface area is 124 Å². The first-order valence-electron chi connectivity index (χ1n) is 5.44. The van der Waals surface area contributed by atoms with Crippen molar-refractivity contribution in [1.29, 1.82) is 0 Å². The number of hydrogen-bond donors (Lipinski definition) is 1. The van der Waals surface area contributed by atoms with Crippen LogP contribution < -0.4 is 0 Å². The van der Waals surface area contributed by atoms with E-state index < -0.39 is 10.7 Å². The third kappa shape index (κ3) is 3.26. The topological polar surface area (TPSA) is 75.7 Å². The van der Waals surface area contributed by atoms with Crippen LogP contribution in [0.2, 0.25) is 10.0 Å². The van der Waals surface area contributed by atoms with Gasteiger partial charge in [0.05, 0.1) is 10.6 Å². The predicted molar refractivity (Wildman–Crippen MR) is 78.5 cm³/mol. The SMILES string of the molecule is O=[N+]([O-])c1cccc(C=Nc2cc(Cl)cc(Cl)c2)c1O. The Kier molecular flexibility index (Phi) is 4.22. The molecule has 0 amide bonds. The Morgan fingerprint density at radius 1 is 1.20 bits per heavy atom. The fourth-order valence-electron chi connectivity index (χ4n) is 1.56. The van der Waals surface area contributed by atoms with Crippen molar-refractivity contribution in [3.8, 4) is 5.75 Å². The molecule has 0 aromatic heterocycles. The molecule has 0 heterocycles. The van der Waals surface area contributed by atoms with E-state index in [1.807, 2.05) is 0 Å². The van der Waals surface area contributed by atoms with E-state index in [4.69, 9.17) is 23.2 Å². The standard InChI is InChI=1S/C13H8Cl2N2O3/c14-9-4-10(15)6-11(5-9)16-7-8-2-1-3-12(13(8)18)17(19)20/h1-7,18H. The Balaban J connectivity index is 2.36. The molecule has 0 saturated carbocycles. The van der Waals surface area contributed by atoms with E-state index >= 15 is 0 Å². The Morgan fingerprint density at radius 2 is 1.85 bits per heavy atom. The zero-order chi connectivity index (χ0) is 14.7. The first-order valence-corrected chi connectivity index (χ1v) is 6.19. The third-order valence-corrected chi connectivity index (χ3v) is 2.88. The minimum absolute atomic E-state index is 0.232. The molecule has 5 nitrogen and oxygen atoms in total. The lowest BCUT2D eigenvalue weighted by Gasteiger charge is -2.00. The zero-order valence-electron chi connectivity index (χ0n) is 9.96. The van der Waals surface area contributed by atoms with Crippen LogP contribution in [0.1, 0.15) is 5.56 Å². The molecule has 0 aliphatic rings. The molecule has 0 atom stereocenters. The van der Waals surface area contributed by atoms with Crippen LogP contribution in [-0.2, 0) is 0 Å². The number of hydrogen-bond acceptors (Lipinski definition) is 4. The molecule has 2 aromatic rings. The maximum atomic E-state index is 10.7. The van der Waals surface area contributed by atoms with E-state index in [2.05, 4.69) is 4.99 Å². The average Bonchev–Trinajstić information content (AvgIpc) is 2.36. The summed E-state index contributed by atoms with van der Waals surface area (Å²) in [5.74, 6) is -0.436. The summed E-state index contributed by atoms with van der Waals surface area (Å²) in [6.07, 6.45) is 1.31. The van der Waals surface area contributed by atoms with Gasteiger partial charge in [-0.3, -0.25) is 15.1 Å². The predicted octanol–water partition coefficient (Wildman–Crippen LogP) is 4.36. The van der Waals surface area contributed by atoms with E-state index in [-0.39, 0.29) is 11.3 Å². The molecule has 2 rings (SSSR count). The zero-order valence-corrected chi connectivity index (χ0v) is 11.5. The summed E-state index contributed by atoms with van der Waals surface area (Å²) in [5.41, 5.74) is 0.335. The monoisotopic (exact) mass is 310 g/mol. The molecule has 20 heavy (non-hydrogen) atoms. The molecular weight excluding hydrogens is 303 g/mol. The van der Waals surface area contributed by atoms with Crippen molar-refractivity contribution in [3.05, 3.63) is 62.1 Å². The number of nitro benzene ring substituents is 1. The van der Waals surface area contributed by atoms with Gasteiger partial charge in [0, 0.05) is 27.9 Å². The number of benzene rings is 2. The lowest BCUT2D eigenvalue weighted by molar-refractivity contribution is -0.385.